The van der Waals surface area contributed by atoms with Gasteiger partial charge in [0.15, 0.2) is 5.15 Å². The summed E-state index contributed by atoms with van der Waals surface area (Å²) < 4.78 is 5.66. The lowest BCUT2D eigenvalue weighted by molar-refractivity contribution is 0.193. The molecule has 98 valence electrons. The molecule has 0 saturated carbocycles. The van der Waals surface area contributed by atoms with Gasteiger partial charge in [-0.2, -0.15) is 4.98 Å². The average molecular weight is 307 g/mol. The van der Waals surface area contributed by atoms with Crippen LogP contribution in [0.5, 0.6) is 5.88 Å². The van der Waals surface area contributed by atoms with Crippen LogP contribution in [0.15, 0.2) is 18.2 Å². The fourth-order valence-electron chi connectivity index (χ4n) is 1.95. The van der Waals surface area contributed by atoms with Crippen LogP contribution in [0.2, 0.25) is 15.2 Å². The van der Waals surface area contributed by atoms with Gasteiger partial charge >= 0.3 is 0 Å². The van der Waals surface area contributed by atoms with Crippen LogP contribution in [0.1, 0.15) is 19.8 Å². The Balaban J connectivity index is 2.02. The largest absolute Gasteiger partial charge is 0.476 e. The standard InChI is InChI=1S/C13H14Cl3NO/c1-8-4-2-3-5-9(8)7-18-13-11(15)6-10(14)12(16)17-13/h2-3,6,8-9H,4-5,7H2,1H3. The van der Waals surface area contributed by atoms with Crippen molar-refractivity contribution in [3.8, 4) is 5.88 Å². The van der Waals surface area contributed by atoms with E-state index < -0.39 is 0 Å². The van der Waals surface area contributed by atoms with Crippen molar-refractivity contribution in [1.29, 1.82) is 0 Å². The van der Waals surface area contributed by atoms with Crippen molar-refractivity contribution in [2.45, 2.75) is 19.8 Å². The summed E-state index contributed by atoms with van der Waals surface area (Å²) in [6, 6.07) is 1.55. The van der Waals surface area contributed by atoms with Gasteiger partial charge in [0.25, 0.3) is 0 Å². The average Bonchev–Trinajstić information content (AvgIpc) is 2.34. The number of hydrogen-bond acceptors (Lipinski definition) is 2. The van der Waals surface area contributed by atoms with Gasteiger partial charge in [0.2, 0.25) is 5.88 Å². The minimum absolute atomic E-state index is 0.215. The van der Waals surface area contributed by atoms with Crippen molar-refractivity contribution in [1.82, 2.24) is 4.98 Å². The van der Waals surface area contributed by atoms with E-state index in [1.807, 2.05) is 0 Å². The molecule has 18 heavy (non-hydrogen) atoms. The van der Waals surface area contributed by atoms with Gasteiger partial charge in [-0.15, -0.1) is 0 Å². The predicted molar refractivity (Wildman–Crippen MR) is 75.8 cm³/mol. The summed E-state index contributed by atoms with van der Waals surface area (Å²) in [6.45, 7) is 2.82. The number of halogens is 3. The van der Waals surface area contributed by atoms with Crippen LogP contribution in [0.4, 0.5) is 0 Å². The molecule has 1 aromatic rings. The van der Waals surface area contributed by atoms with Crippen molar-refractivity contribution in [3.05, 3.63) is 33.4 Å². The van der Waals surface area contributed by atoms with E-state index in [2.05, 4.69) is 24.1 Å². The molecule has 0 saturated heterocycles. The summed E-state index contributed by atoms with van der Waals surface area (Å²) in [4.78, 5) is 4.04. The fourth-order valence-corrected chi connectivity index (χ4v) is 2.50. The Kier molecular flexibility index (Phi) is 4.77. The zero-order valence-electron chi connectivity index (χ0n) is 10.00. The third kappa shape index (κ3) is 3.31. The molecule has 0 aromatic carbocycles. The first-order valence-electron chi connectivity index (χ1n) is 5.87. The van der Waals surface area contributed by atoms with Crippen molar-refractivity contribution < 1.29 is 4.74 Å². The second kappa shape index (κ2) is 6.14. The first kappa shape index (κ1) is 14.0. The van der Waals surface area contributed by atoms with E-state index >= 15 is 0 Å². The lowest BCUT2D eigenvalue weighted by atomic mass is 9.85. The van der Waals surface area contributed by atoms with Crippen LogP contribution < -0.4 is 4.74 Å². The highest BCUT2D eigenvalue weighted by atomic mass is 35.5. The SMILES string of the molecule is CC1CC=CCC1COc1nc(Cl)c(Cl)cc1Cl. The van der Waals surface area contributed by atoms with Crippen LogP contribution in [0.3, 0.4) is 0 Å². The maximum atomic E-state index is 6.01. The van der Waals surface area contributed by atoms with Crippen molar-refractivity contribution in [2.75, 3.05) is 6.61 Å². The molecule has 0 spiro atoms. The molecule has 0 bridgehead atoms. The van der Waals surface area contributed by atoms with Gasteiger partial charge in [-0.1, -0.05) is 53.9 Å². The summed E-state index contributed by atoms with van der Waals surface area (Å²) in [5.41, 5.74) is 0. The number of hydrogen-bond donors (Lipinski definition) is 0. The van der Waals surface area contributed by atoms with E-state index in [0.29, 0.717) is 34.4 Å². The summed E-state index contributed by atoms with van der Waals surface area (Å²) in [7, 11) is 0. The monoisotopic (exact) mass is 305 g/mol. The van der Waals surface area contributed by atoms with Crippen LogP contribution in [-0.4, -0.2) is 11.6 Å². The number of aromatic nitrogens is 1. The normalized spacial score (nSPS) is 23.1. The molecule has 1 aliphatic carbocycles. The molecule has 2 rings (SSSR count). The quantitative estimate of drug-likeness (QED) is 0.577. The molecule has 1 aromatic heterocycles. The summed E-state index contributed by atoms with van der Waals surface area (Å²) in [6.07, 6.45) is 6.53. The van der Waals surface area contributed by atoms with E-state index in [4.69, 9.17) is 39.5 Å². The van der Waals surface area contributed by atoms with Crippen molar-refractivity contribution in [3.63, 3.8) is 0 Å². The molecule has 1 aliphatic rings. The van der Waals surface area contributed by atoms with Gasteiger partial charge < -0.3 is 4.74 Å². The molecule has 0 amide bonds. The minimum atomic E-state index is 0.215. The Bertz CT molecular complexity index is 462. The predicted octanol–water partition coefficient (Wildman–Crippen LogP) is 5.02. The molecule has 2 unspecified atom stereocenters. The lowest BCUT2D eigenvalue weighted by Crippen LogP contribution is -2.21. The summed E-state index contributed by atoms with van der Waals surface area (Å²) in [5.74, 6) is 1.45. The molecular formula is C13H14Cl3NO. The second-order valence-corrected chi connectivity index (χ2v) is 5.71. The van der Waals surface area contributed by atoms with Gasteiger partial charge in [0.05, 0.1) is 11.6 Å². The zero-order chi connectivity index (χ0) is 13.1. The zero-order valence-corrected chi connectivity index (χ0v) is 12.3. The minimum Gasteiger partial charge on any atom is -0.476 e. The Morgan fingerprint density at radius 2 is 1.94 bits per heavy atom. The number of nitrogens with zero attached hydrogens (tertiary/aromatic N) is 1. The van der Waals surface area contributed by atoms with Gasteiger partial charge in [-0.3, -0.25) is 0 Å². The van der Waals surface area contributed by atoms with Crippen LogP contribution in [0.25, 0.3) is 0 Å². The third-order valence-electron chi connectivity index (χ3n) is 3.21. The molecule has 2 atom stereocenters. The van der Waals surface area contributed by atoms with Crippen LogP contribution in [0, 0.1) is 11.8 Å². The Labute approximate surface area is 122 Å². The van der Waals surface area contributed by atoms with E-state index in [1.54, 1.807) is 6.07 Å². The number of ether oxygens (including phenoxy) is 1. The summed E-state index contributed by atoms with van der Waals surface area (Å²) >= 11 is 17.7. The third-order valence-corrected chi connectivity index (χ3v) is 4.15. The van der Waals surface area contributed by atoms with E-state index in [0.717, 1.165) is 12.8 Å². The molecule has 2 nitrogen and oxygen atoms in total. The van der Waals surface area contributed by atoms with Crippen molar-refractivity contribution in [2.24, 2.45) is 11.8 Å². The van der Waals surface area contributed by atoms with E-state index in [9.17, 15) is 0 Å². The topological polar surface area (TPSA) is 22.1 Å². The van der Waals surface area contributed by atoms with Crippen LogP contribution >= 0.6 is 34.8 Å². The highest BCUT2D eigenvalue weighted by molar-refractivity contribution is 6.42. The highest BCUT2D eigenvalue weighted by Crippen LogP contribution is 2.32. The molecule has 0 aliphatic heterocycles. The Morgan fingerprint density at radius 1 is 1.22 bits per heavy atom. The van der Waals surface area contributed by atoms with E-state index in [1.165, 1.54) is 0 Å². The molecule has 1 heterocycles. The maximum absolute atomic E-state index is 6.01. The van der Waals surface area contributed by atoms with Gasteiger partial charge in [-0.25, -0.2) is 0 Å². The molecule has 5 heteroatoms. The molecule has 0 fully saturated rings. The van der Waals surface area contributed by atoms with Crippen LogP contribution in [-0.2, 0) is 0 Å². The first-order chi connectivity index (χ1) is 8.58. The number of rotatable bonds is 3. The first-order valence-corrected chi connectivity index (χ1v) is 7.00. The molecule has 0 radical (unpaired) electrons. The Hall–Kier alpha value is -0.440. The van der Waals surface area contributed by atoms with E-state index in [-0.39, 0.29) is 5.15 Å². The lowest BCUT2D eigenvalue weighted by Gasteiger charge is -2.25. The van der Waals surface area contributed by atoms with Gasteiger partial charge in [0, 0.05) is 0 Å². The smallest absolute Gasteiger partial charge is 0.234 e. The number of pyridine rings is 1. The number of allylic oxidation sites excluding steroid dienone is 2. The summed E-state index contributed by atoms with van der Waals surface area (Å²) in [5, 5.41) is 0.944. The maximum Gasteiger partial charge on any atom is 0.234 e. The van der Waals surface area contributed by atoms with Crippen molar-refractivity contribution >= 4 is 34.8 Å². The highest BCUT2D eigenvalue weighted by Gasteiger charge is 2.20. The fraction of sp³-hybridized carbons (Fsp3) is 0.462. The Morgan fingerprint density at radius 3 is 2.67 bits per heavy atom. The van der Waals surface area contributed by atoms with Gasteiger partial charge in [0.1, 0.15) is 5.02 Å². The van der Waals surface area contributed by atoms with Gasteiger partial charge in [-0.05, 0) is 30.7 Å². The molecule has 0 N–H and O–H groups in total. The molecular weight excluding hydrogens is 293 g/mol. The second-order valence-electron chi connectivity index (χ2n) is 4.54.